The van der Waals surface area contributed by atoms with Crippen LogP contribution in [-0.4, -0.2) is 38.0 Å². The molecule has 1 amide bonds. The van der Waals surface area contributed by atoms with E-state index in [1.165, 1.54) is 10.4 Å². The van der Waals surface area contributed by atoms with Gasteiger partial charge in [-0.25, -0.2) is 4.79 Å². The molecule has 0 radical (unpaired) electrons. The van der Waals surface area contributed by atoms with Gasteiger partial charge >= 0.3 is 6.09 Å². The third-order valence-corrected chi connectivity index (χ3v) is 4.54. The van der Waals surface area contributed by atoms with Gasteiger partial charge < -0.3 is 20.1 Å². The minimum atomic E-state index is -0.495. The van der Waals surface area contributed by atoms with Gasteiger partial charge in [-0.15, -0.1) is 11.3 Å². The van der Waals surface area contributed by atoms with E-state index in [4.69, 9.17) is 9.47 Å². The Hall–Kier alpha value is -1.11. The molecule has 1 aromatic rings. The SMILES string of the molecule is CCOCC1(CNC(=O)OC(C)(C)C)NCCc2sccc21. The van der Waals surface area contributed by atoms with Gasteiger partial charge in [0.05, 0.1) is 12.1 Å². The van der Waals surface area contributed by atoms with Gasteiger partial charge in [-0.1, -0.05) is 0 Å². The van der Waals surface area contributed by atoms with Gasteiger partial charge in [-0.2, -0.15) is 0 Å². The third-order valence-electron chi connectivity index (χ3n) is 3.56. The molecule has 2 rings (SSSR count). The first kappa shape index (κ1) is 17.2. The average Bonchev–Trinajstić information content (AvgIpc) is 2.91. The van der Waals surface area contributed by atoms with Crippen molar-refractivity contribution >= 4 is 17.4 Å². The molecule has 0 bridgehead atoms. The van der Waals surface area contributed by atoms with E-state index in [-0.39, 0.29) is 5.54 Å². The van der Waals surface area contributed by atoms with Crippen molar-refractivity contribution in [2.45, 2.75) is 45.3 Å². The van der Waals surface area contributed by atoms with E-state index < -0.39 is 11.7 Å². The first-order chi connectivity index (χ1) is 10.4. The fourth-order valence-corrected chi connectivity index (χ4v) is 3.60. The second kappa shape index (κ2) is 6.98. The predicted molar refractivity (Wildman–Crippen MR) is 88.4 cm³/mol. The lowest BCUT2D eigenvalue weighted by molar-refractivity contribution is 0.0433. The Kier molecular flexibility index (Phi) is 5.47. The van der Waals surface area contributed by atoms with Crippen LogP contribution in [-0.2, 0) is 21.4 Å². The summed E-state index contributed by atoms with van der Waals surface area (Å²) >= 11 is 1.77. The standard InChI is InChI=1S/C16H26N2O3S/c1-5-20-11-16(10-17-14(19)21-15(2,3)4)12-7-9-22-13(12)6-8-18-16/h7,9,18H,5-6,8,10-11H2,1-4H3,(H,17,19). The molecule has 22 heavy (non-hydrogen) atoms. The zero-order valence-electron chi connectivity index (χ0n) is 13.8. The number of alkyl carbamates (subject to hydrolysis) is 1. The lowest BCUT2D eigenvalue weighted by atomic mass is 9.87. The zero-order chi connectivity index (χ0) is 16.2. The number of rotatable bonds is 5. The molecule has 124 valence electrons. The Balaban J connectivity index is 2.10. The van der Waals surface area contributed by atoms with Crippen molar-refractivity contribution in [2.75, 3.05) is 26.3 Å². The highest BCUT2D eigenvalue weighted by Crippen LogP contribution is 2.32. The van der Waals surface area contributed by atoms with Crippen LogP contribution in [0.3, 0.4) is 0 Å². The van der Waals surface area contributed by atoms with Crippen molar-refractivity contribution in [2.24, 2.45) is 0 Å². The van der Waals surface area contributed by atoms with Crippen molar-refractivity contribution < 1.29 is 14.3 Å². The third kappa shape index (κ3) is 4.21. The van der Waals surface area contributed by atoms with E-state index in [0.717, 1.165) is 13.0 Å². The second-order valence-electron chi connectivity index (χ2n) is 6.51. The van der Waals surface area contributed by atoms with Gasteiger partial charge in [0.2, 0.25) is 0 Å². The van der Waals surface area contributed by atoms with E-state index in [9.17, 15) is 4.79 Å². The molecule has 1 aliphatic rings. The fraction of sp³-hybridized carbons (Fsp3) is 0.688. The summed E-state index contributed by atoms with van der Waals surface area (Å²) in [5.41, 5.74) is 0.360. The Labute approximate surface area is 136 Å². The number of hydrogen-bond acceptors (Lipinski definition) is 5. The highest BCUT2D eigenvalue weighted by atomic mass is 32.1. The molecule has 2 heterocycles. The molecule has 0 fully saturated rings. The van der Waals surface area contributed by atoms with Crippen LogP contribution in [0, 0.1) is 0 Å². The highest BCUT2D eigenvalue weighted by Gasteiger charge is 2.38. The van der Waals surface area contributed by atoms with Crippen molar-refractivity contribution in [1.82, 2.24) is 10.6 Å². The number of thiophene rings is 1. The van der Waals surface area contributed by atoms with Gasteiger partial charge in [0, 0.05) is 24.6 Å². The van der Waals surface area contributed by atoms with E-state index in [2.05, 4.69) is 22.1 Å². The summed E-state index contributed by atoms with van der Waals surface area (Å²) in [6.07, 6.45) is 0.625. The Morgan fingerprint density at radius 1 is 1.50 bits per heavy atom. The first-order valence-corrected chi connectivity index (χ1v) is 8.61. The van der Waals surface area contributed by atoms with Crippen molar-refractivity contribution in [3.05, 3.63) is 21.9 Å². The number of nitrogens with one attached hydrogen (secondary N) is 2. The summed E-state index contributed by atoms with van der Waals surface area (Å²) in [5, 5.41) is 8.53. The van der Waals surface area contributed by atoms with Crippen LogP contribution in [0.2, 0.25) is 0 Å². The molecule has 0 saturated heterocycles. The summed E-state index contributed by atoms with van der Waals surface area (Å²) in [4.78, 5) is 13.3. The molecule has 0 saturated carbocycles. The maximum Gasteiger partial charge on any atom is 0.407 e. The van der Waals surface area contributed by atoms with Crippen molar-refractivity contribution in [1.29, 1.82) is 0 Å². The lowest BCUT2D eigenvalue weighted by Gasteiger charge is -2.38. The van der Waals surface area contributed by atoms with Crippen molar-refractivity contribution in [3.63, 3.8) is 0 Å². The van der Waals surface area contributed by atoms with Crippen LogP contribution in [0.1, 0.15) is 38.1 Å². The molecule has 0 aromatic carbocycles. The molecule has 6 heteroatoms. The monoisotopic (exact) mass is 326 g/mol. The Morgan fingerprint density at radius 3 is 2.95 bits per heavy atom. The molecular formula is C16H26N2O3S. The lowest BCUT2D eigenvalue weighted by Crippen LogP contribution is -2.57. The summed E-state index contributed by atoms with van der Waals surface area (Å²) < 4.78 is 11.0. The fourth-order valence-electron chi connectivity index (χ4n) is 2.62. The van der Waals surface area contributed by atoms with Crippen LogP contribution in [0.15, 0.2) is 11.4 Å². The number of ether oxygens (including phenoxy) is 2. The normalized spacial score (nSPS) is 21.3. The number of fused-ring (bicyclic) bond motifs is 1. The molecule has 1 aliphatic heterocycles. The Morgan fingerprint density at radius 2 is 2.27 bits per heavy atom. The molecule has 0 aliphatic carbocycles. The van der Waals surface area contributed by atoms with Gasteiger partial charge in [0.1, 0.15) is 5.60 Å². The molecule has 1 aromatic heterocycles. The van der Waals surface area contributed by atoms with E-state index in [1.54, 1.807) is 11.3 Å². The van der Waals surface area contributed by atoms with Crippen LogP contribution in [0.5, 0.6) is 0 Å². The topological polar surface area (TPSA) is 59.6 Å². The predicted octanol–water partition coefficient (Wildman–Crippen LogP) is 2.65. The molecule has 0 spiro atoms. The van der Waals surface area contributed by atoms with Gasteiger partial charge in [0.25, 0.3) is 0 Å². The minimum absolute atomic E-state index is 0.375. The molecule has 1 atom stereocenters. The molecule has 1 unspecified atom stereocenters. The largest absolute Gasteiger partial charge is 0.444 e. The van der Waals surface area contributed by atoms with E-state index in [0.29, 0.717) is 19.8 Å². The maximum atomic E-state index is 12.0. The van der Waals surface area contributed by atoms with E-state index in [1.807, 2.05) is 27.7 Å². The Bertz CT molecular complexity index is 510. The summed E-state index contributed by atoms with van der Waals surface area (Å²) in [6, 6.07) is 2.13. The number of carbonyl (C=O) groups excluding carboxylic acids is 1. The number of carbonyl (C=O) groups is 1. The average molecular weight is 326 g/mol. The summed E-state index contributed by atoms with van der Waals surface area (Å²) in [6.45, 7) is 10.1. The second-order valence-corrected chi connectivity index (χ2v) is 7.51. The number of amides is 1. The zero-order valence-corrected chi connectivity index (χ0v) is 14.6. The smallest absolute Gasteiger partial charge is 0.407 e. The van der Waals surface area contributed by atoms with Gasteiger partial charge in [-0.05, 0) is 51.1 Å². The summed E-state index contributed by atoms with van der Waals surface area (Å²) in [5.74, 6) is 0. The van der Waals surface area contributed by atoms with Crippen LogP contribution in [0.4, 0.5) is 4.79 Å². The first-order valence-electron chi connectivity index (χ1n) is 7.73. The van der Waals surface area contributed by atoms with Crippen molar-refractivity contribution in [3.8, 4) is 0 Å². The highest BCUT2D eigenvalue weighted by molar-refractivity contribution is 7.10. The molecule has 5 nitrogen and oxygen atoms in total. The molecular weight excluding hydrogens is 300 g/mol. The van der Waals surface area contributed by atoms with Gasteiger partial charge in [0.15, 0.2) is 0 Å². The summed E-state index contributed by atoms with van der Waals surface area (Å²) in [7, 11) is 0. The van der Waals surface area contributed by atoms with Crippen LogP contribution >= 0.6 is 11.3 Å². The quantitative estimate of drug-likeness (QED) is 0.873. The van der Waals surface area contributed by atoms with Gasteiger partial charge in [-0.3, -0.25) is 0 Å². The minimum Gasteiger partial charge on any atom is -0.444 e. The maximum absolute atomic E-state index is 12.0. The van der Waals surface area contributed by atoms with Crippen LogP contribution < -0.4 is 10.6 Å². The van der Waals surface area contributed by atoms with E-state index >= 15 is 0 Å². The number of hydrogen-bond donors (Lipinski definition) is 2. The van der Waals surface area contributed by atoms with Crippen LogP contribution in [0.25, 0.3) is 0 Å². The molecule has 2 N–H and O–H groups in total.